The number of hydrogen-bond donors (Lipinski definition) is 1. The van der Waals surface area contributed by atoms with E-state index >= 15 is 0 Å². The first-order valence-corrected chi connectivity index (χ1v) is 7.21. The van der Waals surface area contributed by atoms with Gasteiger partial charge in [-0.05, 0) is 18.6 Å². The van der Waals surface area contributed by atoms with Gasteiger partial charge < -0.3 is 10.5 Å². The summed E-state index contributed by atoms with van der Waals surface area (Å²) in [6.07, 6.45) is 2.26. The van der Waals surface area contributed by atoms with E-state index in [4.69, 9.17) is 10.5 Å². The highest BCUT2D eigenvalue weighted by atomic mass is 32.2. The number of likely N-dealkylation sites (N-methyl/N-ethyl adjacent to an activating group) is 1. The molecule has 1 fully saturated rings. The number of rotatable bonds is 4. The maximum absolute atomic E-state index is 12.5. The zero-order valence-electron chi connectivity index (χ0n) is 10.2. The molecule has 18 heavy (non-hydrogen) atoms. The summed E-state index contributed by atoms with van der Waals surface area (Å²) in [4.78, 5) is 4.19. The van der Waals surface area contributed by atoms with E-state index in [1.165, 1.54) is 10.4 Å². The molecule has 1 saturated heterocycles. The minimum absolute atomic E-state index is 0.102. The second-order valence-corrected chi connectivity index (χ2v) is 6.16. The van der Waals surface area contributed by atoms with E-state index in [0.717, 1.165) is 0 Å². The highest BCUT2D eigenvalue weighted by Gasteiger charge is 2.32. The van der Waals surface area contributed by atoms with Crippen LogP contribution in [0.2, 0.25) is 0 Å². The molecule has 2 N–H and O–H groups in total. The Morgan fingerprint density at radius 2 is 2.39 bits per heavy atom. The topological polar surface area (TPSA) is 85.5 Å². The molecule has 7 heteroatoms. The van der Waals surface area contributed by atoms with Crippen molar-refractivity contribution in [1.29, 1.82) is 0 Å². The fraction of sp³-hybridized carbons (Fsp3) is 0.545. The summed E-state index contributed by atoms with van der Waals surface area (Å²) in [5.41, 5.74) is 5.92. The van der Waals surface area contributed by atoms with Crippen LogP contribution < -0.4 is 5.73 Å². The van der Waals surface area contributed by atoms with Crippen LogP contribution in [0.25, 0.3) is 0 Å². The fourth-order valence-electron chi connectivity index (χ4n) is 1.97. The van der Waals surface area contributed by atoms with Gasteiger partial charge in [0.05, 0.1) is 18.3 Å². The Labute approximate surface area is 107 Å². The van der Waals surface area contributed by atoms with Crippen LogP contribution in [0.1, 0.15) is 12.1 Å². The van der Waals surface area contributed by atoms with Crippen molar-refractivity contribution in [2.24, 2.45) is 5.73 Å². The molecule has 0 spiro atoms. The monoisotopic (exact) mass is 271 g/mol. The van der Waals surface area contributed by atoms with Crippen molar-refractivity contribution in [3.8, 4) is 0 Å². The molecule has 0 aliphatic carbocycles. The SMILES string of the molecule is CN(C1CCOC1)S(=O)(=O)c1cccnc1CN. The molecule has 1 atom stereocenters. The summed E-state index contributed by atoms with van der Waals surface area (Å²) in [6.45, 7) is 1.14. The highest BCUT2D eigenvalue weighted by Crippen LogP contribution is 2.22. The van der Waals surface area contributed by atoms with Crippen LogP contribution in [0.3, 0.4) is 0 Å². The molecule has 1 aromatic rings. The van der Waals surface area contributed by atoms with Crippen LogP contribution in [-0.4, -0.2) is 44.0 Å². The van der Waals surface area contributed by atoms with Crippen LogP contribution in [0.4, 0.5) is 0 Å². The predicted octanol–water partition coefficient (Wildman–Crippen LogP) is -0.0503. The van der Waals surface area contributed by atoms with Gasteiger partial charge in [0.1, 0.15) is 4.90 Å². The number of nitrogens with two attached hydrogens (primary N) is 1. The zero-order chi connectivity index (χ0) is 13.2. The normalized spacial score (nSPS) is 20.5. The van der Waals surface area contributed by atoms with E-state index in [2.05, 4.69) is 4.98 Å². The van der Waals surface area contributed by atoms with Crippen LogP contribution in [0.15, 0.2) is 23.2 Å². The van der Waals surface area contributed by atoms with Crippen molar-refractivity contribution in [1.82, 2.24) is 9.29 Å². The molecule has 2 rings (SSSR count). The second-order valence-electron chi connectivity index (χ2n) is 4.19. The Hall–Kier alpha value is -1.02. The summed E-state index contributed by atoms with van der Waals surface area (Å²) in [5.74, 6) is 0. The molecule has 0 aromatic carbocycles. The van der Waals surface area contributed by atoms with Gasteiger partial charge in [0, 0.05) is 26.4 Å². The maximum atomic E-state index is 12.5. The van der Waals surface area contributed by atoms with Gasteiger partial charge in [-0.1, -0.05) is 0 Å². The van der Waals surface area contributed by atoms with E-state index in [-0.39, 0.29) is 17.5 Å². The van der Waals surface area contributed by atoms with Crippen molar-refractivity contribution in [3.63, 3.8) is 0 Å². The number of hydrogen-bond acceptors (Lipinski definition) is 5. The van der Waals surface area contributed by atoms with Crippen LogP contribution in [0.5, 0.6) is 0 Å². The third-order valence-electron chi connectivity index (χ3n) is 3.12. The first-order valence-electron chi connectivity index (χ1n) is 5.77. The first kappa shape index (κ1) is 13.4. The summed E-state index contributed by atoms with van der Waals surface area (Å²) in [7, 11) is -1.98. The summed E-state index contributed by atoms with van der Waals surface area (Å²) < 4.78 is 31.5. The van der Waals surface area contributed by atoms with Crippen LogP contribution >= 0.6 is 0 Å². The molecule has 0 bridgehead atoms. The van der Waals surface area contributed by atoms with Gasteiger partial charge in [-0.25, -0.2) is 8.42 Å². The molecule has 2 heterocycles. The van der Waals surface area contributed by atoms with Gasteiger partial charge in [0.2, 0.25) is 10.0 Å². The number of aromatic nitrogens is 1. The Bertz CT molecular complexity index is 512. The maximum Gasteiger partial charge on any atom is 0.245 e. The lowest BCUT2D eigenvalue weighted by atomic mass is 10.3. The standard InChI is InChI=1S/C11H17N3O3S/c1-14(9-4-6-17-8-9)18(15,16)11-3-2-5-13-10(11)7-12/h2-3,5,9H,4,6-8,12H2,1H3. The minimum Gasteiger partial charge on any atom is -0.380 e. The molecule has 1 aliphatic heterocycles. The number of ether oxygens (including phenoxy) is 1. The zero-order valence-corrected chi connectivity index (χ0v) is 11.1. The Kier molecular flexibility index (Phi) is 3.96. The molecule has 6 nitrogen and oxygen atoms in total. The van der Waals surface area contributed by atoms with Gasteiger partial charge in [-0.15, -0.1) is 0 Å². The third kappa shape index (κ3) is 2.39. The summed E-state index contributed by atoms with van der Waals surface area (Å²) in [6, 6.07) is 3.03. The minimum atomic E-state index is -3.55. The van der Waals surface area contributed by atoms with Crippen molar-refractivity contribution in [2.45, 2.75) is 23.9 Å². The number of pyridine rings is 1. The Morgan fingerprint density at radius 1 is 1.61 bits per heavy atom. The highest BCUT2D eigenvalue weighted by molar-refractivity contribution is 7.89. The van der Waals surface area contributed by atoms with Crippen molar-refractivity contribution < 1.29 is 13.2 Å². The molecule has 0 amide bonds. The number of nitrogens with zero attached hydrogens (tertiary/aromatic N) is 2. The average molecular weight is 271 g/mol. The molecular weight excluding hydrogens is 254 g/mol. The largest absolute Gasteiger partial charge is 0.380 e. The van der Waals surface area contributed by atoms with Gasteiger partial charge >= 0.3 is 0 Å². The van der Waals surface area contributed by atoms with E-state index in [1.807, 2.05) is 0 Å². The summed E-state index contributed by atoms with van der Waals surface area (Å²) >= 11 is 0. The Balaban J connectivity index is 2.35. The van der Waals surface area contributed by atoms with Gasteiger partial charge in [0.25, 0.3) is 0 Å². The molecule has 1 unspecified atom stereocenters. The van der Waals surface area contributed by atoms with E-state index < -0.39 is 10.0 Å². The van der Waals surface area contributed by atoms with E-state index in [1.54, 1.807) is 19.3 Å². The molecule has 0 radical (unpaired) electrons. The smallest absolute Gasteiger partial charge is 0.245 e. The van der Waals surface area contributed by atoms with Crippen LogP contribution in [-0.2, 0) is 21.3 Å². The predicted molar refractivity (Wildman–Crippen MR) is 66.3 cm³/mol. The molecule has 100 valence electrons. The van der Waals surface area contributed by atoms with E-state index in [9.17, 15) is 8.42 Å². The van der Waals surface area contributed by atoms with Crippen LogP contribution in [0, 0.1) is 0 Å². The molecule has 1 aliphatic rings. The summed E-state index contributed by atoms with van der Waals surface area (Å²) in [5, 5.41) is 0. The quantitative estimate of drug-likeness (QED) is 0.830. The average Bonchev–Trinajstić information content (AvgIpc) is 2.91. The number of sulfonamides is 1. The molecule has 0 saturated carbocycles. The van der Waals surface area contributed by atoms with Gasteiger partial charge in [0.15, 0.2) is 0 Å². The van der Waals surface area contributed by atoms with Gasteiger partial charge in [-0.2, -0.15) is 4.31 Å². The lowest BCUT2D eigenvalue weighted by molar-refractivity contribution is 0.181. The van der Waals surface area contributed by atoms with Crippen molar-refractivity contribution in [2.75, 3.05) is 20.3 Å². The first-order chi connectivity index (χ1) is 8.57. The van der Waals surface area contributed by atoms with Crippen molar-refractivity contribution >= 4 is 10.0 Å². The lowest BCUT2D eigenvalue weighted by Crippen LogP contribution is -2.38. The lowest BCUT2D eigenvalue weighted by Gasteiger charge is -2.23. The van der Waals surface area contributed by atoms with E-state index in [0.29, 0.717) is 25.3 Å². The molecular formula is C11H17N3O3S. The Morgan fingerprint density at radius 3 is 3.00 bits per heavy atom. The van der Waals surface area contributed by atoms with Crippen molar-refractivity contribution in [3.05, 3.63) is 24.0 Å². The third-order valence-corrected chi connectivity index (χ3v) is 5.10. The van der Waals surface area contributed by atoms with Gasteiger partial charge in [-0.3, -0.25) is 4.98 Å². The second kappa shape index (κ2) is 5.31. The fourth-order valence-corrected chi connectivity index (χ4v) is 3.53. The molecule has 1 aromatic heterocycles.